The van der Waals surface area contributed by atoms with Gasteiger partial charge in [0.2, 0.25) is 0 Å². The number of para-hydroxylation sites is 2. The number of alkyl carbamates (subject to hydrolysis) is 1. The predicted octanol–water partition coefficient (Wildman–Crippen LogP) is 4.36. The highest BCUT2D eigenvalue weighted by molar-refractivity contribution is 5.94. The number of carboxylic acid groups (broad SMARTS) is 1. The fourth-order valence-corrected chi connectivity index (χ4v) is 5.02. The Morgan fingerprint density at radius 2 is 1.54 bits per heavy atom. The van der Waals surface area contributed by atoms with Crippen LogP contribution in [0, 0.1) is 5.92 Å². The molecule has 0 aliphatic heterocycles. The molecule has 0 saturated carbocycles. The summed E-state index contributed by atoms with van der Waals surface area (Å²) in [4.78, 5) is 72.4. The van der Waals surface area contributed by atoms with E-state index in [1.54, 1.807) is 55.5 Å². The molecule has 2 atom stereocenters. The lowest BCUT2D eigenvalue weighted by atomic mass is 10.0. The van der Waals surface area contributed by atoms with Crippen molar-refractivity contribution in [3.63, 3.8) is 0 Å². The van der Waals surface area contributed by atoms with Crippen molar-refractivity contribution in [1.82, 2.24) is 30.8 Å². The van der Waals surface area contributed by atoms with E-state index in [9.17, 15) is 29.1 Å². The topological polar surface area (TPSA) is 192 Å². The lowest BCUT2D eigenvalue weighted by Crippen LogP contribution is -2.48. The summed E-state index contributed by atoms with van der Waals surface area (Å²) in [7, 11) is 0. The fourth-order valence-electron chi connectivity index (χ4n) is 5.02. The van der Waals surface area contributed by atoms with Crippen LogP contribution in [0.4, 0.5) is 9.59 Å². The molecule has 1 heterocycles. The molecule has 0 aliphatic rings. The van der Waals surface area contributed by atoms with Gasteiger partial charge in [-0.25, -0.2) is 24.2 Å². The number of aromatic amines is 1. The SMILES string of the molecule is CCOC(=O)[C@H](CC(C)C)NC(=O)N(Cc1ccc(C(=O)NCC(NC(=O)OCc2ccccc2)C(=O)O)cc1)Cc1nc2ccccc2[nH]1. The van der Waals surface area contributed by atoms with Crippen molar-refractivity contribution in [2.75, 3.05) is 13.2 Å². The van der Waals surface area contributed by atoms with E-state index < -0.39 is 42.1 Å². The molecule has 4 rings (SSSR count). The van der Waals surface area contributed by atoms with Crippen LogP contribution in [-0.4, -0.2) is 75.2 Å². The monoisotopic (exact) mass is 686 g/mol. The fraction of sp³-hybridized carbons (Fsp3) is 0.333. The summed E-state index contributed by atoms with van der Waals surface area (Å²) in [6, 6.07) is 20.0. The molecule has 1 unspecified atom stereocenters. The summed E-state index contributed by atoms with van der Waals surface area (Å²) >= 11 is 0. The predicted molar refractivity (Wildman–Crippen MR) is 184 cm³/mol. The van der Waals surface area contributed by atoms with Gasteiger partial charge >= 0.3 is 24.1 Å². The lowest BCUT2D eigenvalue weighted by Gasteiger charge is -2.26. The van der Waals surface area contributed by atoms with Crippen LogP contribution in [0.2, 0.25) is 0 Å². The van der Waals surface area contributed by atoms with E-state index in [0.29, 0.717) is 17.8 Å². The Balaban J connectivity index is 1.41. The number of benzene rings is 3. The summed E-state index contributed by atoms with van der Waals surface area (Å²) in [5.41, 5.74) is 3.20. The molecule has 14 heteroatoms. The van der Waals surface area contributed by atoms with Gasteiger partial charge in [-0.05, 0) is 54.7 Å². The number of aliphatic carboxylic acids is 1. The molecule has 0 spiro atoms. The number of amides is 4. The molecule has 14 nitrogen and oxygen atoms in total. The van der Waals surface area contributed by atoms with Crippen molar-refractivity contribution in [3.8, 4) is 0 Å². The minimum absolute atomic E-state index is 0.0427. The number of carbonyl (C=O) groups excluding carboxylic acids is 4. The Morgan fingerprint density at radius 3 is 2.20 bits per heavy atom. The Kier molecular flexibility index (Phi) is 13.3. The van der Waals surface area contributed by atoms with Crippen LogP contribution in [0.5, 0.6) is 0 Å². The number of imidazole rings is 1. The van der Waals surface area contributed by atoms with E-state index in [4.69, 9.17) is 9.47 Å². The second kappa shape index (κ2) is 18.0. The summed E-state index contributed by atoms with van der Waals surface area (Å²) in [5.74, 6) is -1.77. The summed E-state index contributed by atoms with van der Waals surface area (Å²) in [5, 5.41) is 17.2. The number of carboxylic acids is 1. The van der Waals surface area contributed by atoms with Gasteiger partial charge in [-0.2, -0.15) is 0 Å². The van der Waals surface area contributed by atoms with Gasteiger partial charge in [-0.3, -0.25) is 4.79 Å². The maximum Gasteiger partial charge on any atom is 0.408 e. The molecule has 264 valence electrons. The first-order valence-electron chi connectivity index (χ1n) is 16.2. The molecule has 4 aromatic rings. The van der Waals surface area contributed by atoms with Crippen LogP contribution >= 0.6 is 0 Å². The molecule has 0 radical (unpaired) electrons. The lowest BCUT2D eigenvalue weighted by molar-refractivity contribution is -0.146. The molecular formula is C36H42N6O8. The molecule has 0 fully saturated rings. The minimum atomic E-state index is -1.43. The first-order chi connectivity index (χ1) is 24.0. The Hall–Kier alpha value is -5.92. The zero-order chi connectivity index (χ0) is 36.0. The molecule has 0 bridgehead atoms. The highest BCUT2D eigenvalue weighted by atomic mass is 16.5. The van der Waals surface area contributed by atoms with Gasteiger partial charge in [-0.1, -0.05) is 68.4 Å². The first-order valence-corrected chi connectivity index (χ1v) is 16.2. The van der Waals surface area contributed by atoms with Crippen molar-refractivity contribution < 1.29 is 38.6 Å². The standard InChI is InChI=1S/C36H42N6O8/c1-4-49-34(46)29(18-23(2)3)40-35(47)42(21-31-38-27-12-8-9-13-28(27)39-31)20-24-14-16-26(17-15-24)32(43)37-19-30(33(44)45)41-36(48)50-22-25-10-6-5-7-11-25/h5-17,23,29-30H,4,18-22H2,1-3H3,(H,37,43)(H,38,39)(H,40,47)(H,41,48)(H,44,45)/t29-,30?/m0/s1. The van der Waals surface area contributed by atoms with E-state index in [1.807, 2.05) is 44.2 Å². The van der Waals surface area contributed by atoms with Gasteiger partial charge in [0.05, 0.1) is 24.2 Å². The van der Waals surface area contributed by atoms with Crippen LogP contribution < -0.4 is 16.0 Å². The van der Waals surface area contributed by atoms with Gasteiger partial charge in [0, 0.05) is 18.7 Å². The van der Waals surface area contributed by atoms with Crippen molar-refractivity contribution in [1.29, 1.82) is 0 Å². The number of H-pyrrole nitrogens is 1. The quantitative estimate of drug-likeness (QED) is 0.107. The Bertz CT molecular complexity index is 1730. The highest BCUT2D eigenvalue weighted by Crippen LogP contribution is 2.16. The van der Waals surface area contributed by atoms with Crippen molar-refractivity contribution in [3.05, 3.63) is 101 Å². The van der Waals surface area contributed by atoms with Crippen LogP contribution in [0.25, 0.3) is 11.0 Å². The first kappa shape index (κ1) is 36.9. The van der Waals surface area contributed by atoms with E-state index in [-0.39, 0.29) is 44.3 Å². The average molecular weight is 687 g/mol. The molecular weight excluding hydrogens is 644 g/mol. The number of ether oxygens (including phenoxy) is 2. The van der Waals surface area contributed by atoms with Crippen molar-refractivity contribution in [2.45, 2.75) is 59.0 Å². The number of nitrogens with one attached hydrogen (secondary N) is 4. The van der Waals surface area contributed by atoms with E-state index >= 15 is 0 Å². The van der Waals surface area contributed by atoms with Crippen LogP contribution in [-0.2, 0) is 38.8 Å². The maximum absolute atomic E-state index is 13.7. The molecule has 0 aliphatic carbocycles. The Morgan fingerprint density at radius 1 is 0.840 bits per heavy atom. The third-order valence-electron chi connectivity index (χ3n) is 7.50. The third-order valence-corrected chi connectivity index (χ3v) is 7.50. The number of urea groups is 1. The summed E-state index contributed by atoms with van der Waals surface area (Å²) < 4.78 is 10.3. The van der Waals surface area contributed by atoms with Gasteiger partial charge in [0.25, 0.3) is 5.91 Å². The maximum atomic E-state index is 13.7. The number of aromatic nitrogens is 2. The van der Waals surface area contributed by atoms with Gasteiger partial charge < -0.3 is 40.4 Å². The second-order valence-corrected chi connectivity index (χ2v) is 11.9. The Labute approximate surface area is 289 Å². The molecule has 0 saturated heterocycles. The van der Waals surface area contributed by atoms with Crippen molar-refractivity contribution in [2.24, 2.45) is 5.92 Å². The van der Waals surface area contributed by atoms with Gasteiger partial charge in [0.1, 0.15) is 24.5 Å². The van der Waals surface area contributed by atoms with E-state index in [1.165, 1.54) is 4.90 Å². The number of hydrogen-bond donors (Lipinski definition) is 5. The smallest absolute Gasteiger partial charge is 0.408 e. The third kappa shape index (κ3) is 11.1. The van der Waals surface area contributed by atoms with Crippen molar-refractivity contribution >= 4 is 41.0 Å². The molecule has 3 aromatic carbocycles. The molecule has 1 aromatic heterocycles. The number of fused-ring (bicyclic) bond motifs is 1. The zero-order valence-corrected chi connectivity index (χ0v) is 28.2. The van der Waals surface area contributed by atoms with Gasteiger partial charge in [0.15, 0.2) is 0 Å². The minimum Gasteiger partial charge on any atom is -0.480 e. The van der Waals surface area contributed by atoms with Crippen LogP contribution in [0.3, 0.4) is 0 Å². The molecule has 4 amide bonds. The van der Waals surface area contributed by atoms with Crippen LogP contribution in [0.15, 0.2) is 78.9 Å². The number of esters is 1. The average Bonchev–Trinajstić information content (AvgIpc) is 3.51. The highest BCUT2D eigenvalue weighted by Gasteiger charge is 2.27. The number of nitrogens with zero attached hydrogens (tertiary/aromatic N) is 2. The zero-order valence-electron chi connectivity index (χ0n) is 28.2. The number of carbonyl (C=O) groups is 5. The second-order valence-electron chi connectivity index (χ2n) is 11.9. The van der Waals surface area contributed by atoms with E-state index in [2.05, 4.69) is 25.9 Å². The number of rotatable bonds is 16. The van der Waals surface area contributed by atoms with Gasteiger partial charge in [-0.15, -0.1) is 0 Å². The number of hydrogen-bond acceptors (Lipinski definition) is 8. The summed E-state index contributed by atoms with van der Waals surface area (Å²) in [6.07, 6.45) is -0.547. The summed E-state index contributed by atoms with van der Waals surface area (Å²) in [6.45, 7) is 5.55. The molecule has 50 heavy (non-hydrogen) atoms. The van der Waals surface area contributed by atoms with Crippen LogP contribution in [0.1, 0.15) is 54.5 Å². The normalized spacial score (nSPS) is 12.1. The molecule has 5 N–H and O–H groups in total. The largest absolute Gasteiger partial charge is 0.480 e. The van der Waals surface area contributed by atoms with E-state index in [0.717, 1.165) is 16.6 Å².